The topological polar surface area (TPSA) is 55.7 Å². The molecule has 0 saturated heterocycles. The second-order valence-corrected chi connectivity index (χ2v) is 5.71. The molecule has 0 aliphatic rings. The fourth-order valence-electron chi connectivity index (χ4n) is 1.16. The highest BCUT2D eigenvalue weighted by Crippen LogP contribution is 2.32. The highest BCUT2D eigenvalue weighted by molar-refractivity contribution is 8.01. The van der Waals surface area contributed by atoms with E-state index in [2.05, 4.69) is 15.0 Å². The minimum Gasteiger partial charge on any atom is -0.298 e. The fraction of sp³-hybridized carbons (Fsp3) is 0.200. The molecular weight excluding hydrogens is 278 g/mol. The van der Waals surface area contributed by atoms with Gasteiger partial charge in [0.2, 0.25) is 0 Å². The summed E-state index contributed by atoms with van der Waals surface area (Å²) in [4.78, 5) is 23.4. The van der Waals surface area contributed by atoms with Gasteiger partial charge in [0, 0.05) is 11.1 Å². The Morgan fingerprint density at radius 1 is 1.35 bits per heavy atom. The van der Waals surface area contributed by atoms with Gasteiger partial charge < -0.3 is 0 Å². The third-order valence-electron chi connectivity index (χ3n) is 1.88. The Hall–Kier alpha value is -0.980. The number of hydrogen-bond donors (Lipinski definition) is 0. The van der Waals surface area contributed by atoms with Gasteiger partial charge in [-0.25, -0.2) is 15.0 Å². The summed E-state index contributed by atoms with van der Waals surface area (Å²) in [5, 5.41) is 2.67. The van der Waals surface area contributed by atoms with Crippen molar-refractivity contribution in [3.63, 3.8) is 0 Å². The predicted octanol–water partition coefficient (Wildman–Crippen LogP) is 3.17. The van der Waals surface area contributed by atoms with Gasteiger partial charge in [0.05, 0.1) is 5.56 Å². The summed E-state index contributed by atoms with van der Waals surface area (Å²) < 4.78 is 0.833. The van der Waals surface area contributed by atoms with Crippen molar-refractivity contribution in [3.8, 4) is 0 Å². The van der Waals surface area contributed by atoms with E-state index in [1.807, 2.05) is 12.3 Å². The van der Waals surface area contributed by atoms with Crippen LogP contribution in [0.5, 0.6) is 0 Å². The first-order valence-electron chi connectivity index (χ1n) is 4.69. The summed E-state index contributed by atoms with van der Waals surface area (Å²) in [5.74, 6) is 0.538. The molecule has 0 radical (unpaired) electrons. The number of aryl methyl sites for hydroxylation is 2. The van der Waals surface area contributed by atoms with Crippen molar-refractivity contribution in [3.05, 3.63) is 27.6 Å². The molecule has 0 bridgehead atoms. The Bertz CT molecular complexity index is 571. The van der Waals surface area contributed by atoms with Crippen molar-refractivity contribution in [2.24, 2.45) is 0 Å². The maximum atomic E-state index is 11.0. The highest BCUT2D eigenvalue weighted by Gasteiger charge is 2.13. The Labute approximate surface area is 111 Å². The summed E-state index contributed by atoms with van der Waals surface area (Å²) in [6, 6.07) is 0. The van der Waals surface area contributed by atoms with Crippen LogP contribution in [-0.2, 0) is 0 Å². The summed E-state index contributed by atoms with van der Waals surface area (Å²) in [5.41, 5.74) is 1.26. The number of carbonyl (C=O) groups excluding carboxylic acids is 1. The van der Waals surface area contributed by atoms with Crippen LogP contribution in [0.3, 0.4) is 0 Å². The molecule has 0 amide bonds. The number of rotatable bonds is 3. The van der Waals surface area contributed by atoms with E-state index in [1.165, 1.54) is 23.1 Å². The van der Waals surface area contributed by atoms with Crippen LogP contribution in [0, 0.1) is 13.8 Å². The van der Waals surface area contributed by atoms with Crippen molar-refractivity contribution < 1.29 is 4.79 Å². The van der Waals surface area contributed by atoms with Crippen LogP contribution in [0.2, 0.25) is 5.15 Å². The molecule has 0 saturated carbocycles. The van der Waals surface area contributed by atoms with Crippen molar-refractivity contribution in [2.45, 2.75) is 23.2 Å². The number of aldehydes is 1. The second kappa shape index (κ2) is 5.12. The number of nitrogens with zero attached hydrogens (tertiary/aromatic N) is 3. The van der Waals surface area contributed by atoms with Crippen LogP contribution < -0.4 is 0 Å². The number of thiazole rings is 1. The average Bonchev–Trinajstić information content (AvgIpc) is 2.63. The Morgan fingerprint density at radius 3 is 2.71 bits per heavy atom. The zero-order chi connectivity index (χ0) is 12.4. The van der Waals surface area contributed by atoms with Crippen LogP contribution in [0.4, 0.5) is 0 Å². The molecule has 0 fully saturated rings. The van der Waals surface area contributed by atoms with E-state index in [1.54, 1.807) is 6.92 Å². The normalized spacial score (nSPS) is 10.5. The lowest BCUT2D eigenvalue weighted by molar-refractivity contribution is 0.112. The molecule has 0 unspecified atom stereocenters. The van der Waals surface area contributed by atoms with Crippen molar-refractivity contribution >= 4 is 41.0 Å². The van der Waals surface area contributed by atoms with E-state index in [-0.39, 0.29) is 5.15 Å². The first kappa shape index (κ1) is 12.5. The van der Waals surface area contributed by atoms with E-state index in [0.717, 1.165) is 10.0 Å². The van der Waals surface area contributed by atoms with Crippen LogP contribution in [0.1, 0.15) is 21.9 Å². The number of carbonyl (C=O) groups is 1. The second-order valence-electron chi connectivity index (χ2n) is 3.26. The van der Waals surface area contributed by atoms with Gasteiger partial charge >= 0.3 is 0 Å². The fourth-order valence-corrected chi connectivity index (χ4v) is 3.36. The maximum absolute atomic E-state index is 11.0. The largest absolute Gasteiger partial charge is 0.298 e. The lowest BCUT2D eigenvalue weighted by Gasteiger charge is -2.03. The summed E-state index contributed by atoms with van der Waals surface area (Å²) >= 11 is 8.73. The van der Waals surface area contributed by atoms with Crippen LogP contribution in [0.25, 0.3) is 0 Å². The number of hydrogen-bond acceptors (Lipinski definition) is 6. The lowest BCUT2D eigenvalue weighted by Crippen LogP contribution is -1.98. The van der Waals surface area contributed by atoms with E-state index in [0.29, 0.717) is 22.7 Å². The summed E-state index contributed by atoms with van der Waals surface area (Å²) in [7, 11) is 0. The molecule has 0 N–H and O–H groups in total. The van der Waals surface area contributed by atoms with Gasteiger partial charge in [0.15, 0.2) is 10.6 Å². The van der Waals surface area contributed by atoms with Gasteiger partial charge in [0.25, 0.3) is 0 Å². The molecule has 4 nitrogen and oxygen atoms in total. The standard InChI is InChI=1S/C10H8ClN3OS2/c1-5-4-16-10(12-5)17-9-7(3-15)8(11)13-6(2)14-9/h3-4H,1-2H3. The number of aromatic nitrogens is 3. The third-order valence-corrected chi connectivity index (χ3v) is 4.22. The predicted molar refractivity (Wildman–Crippen MR) is 68.1 cm³/mol. The Balaban J connectivity index is 2.41. The molecule has 0 aliphatic carbocycles. The van der Waals surface area contributed by atoms with Gasteiger partial charge in [-0.1, -0.05) is 11.6 Å². The van der Waals surface area contributed by atoms with Crippen LogP contribution in [-0.4, -0.2) is 21.2 Å². The molecular formula is C10H8ClN3OS2. The van der Waals surface area contributed by atoms with Crippen LogP contribution in [0.15, 0.2) is 14.7 Å². The molecule has 88 valence electrons. The quantitative estimate of drug-likeness (QED) is 0.640. The maximum Gasteiger partial charge on any atom is 0.156 e. The minimum atomic E-state index is 0.184. The zero-order valence-electron chi connectivity index (χ0n) is 9.10. The zero-order valence-corrected chi connectivity index (χ0v) is 11.5. The van der Waals surface area contributed by atoms with Gasteiger partial charge in [-0.2, -0.15) is 0 Å². The van der Waals surface area contributed by atoms with Crippen molar-refractivity contribution in [1.82, 2.24) is 15.0 Å². The van der Waals surface area contributed by atoms with E-state index < -0.39 is 0 Å². The van der Waals surface area contributed by atoms with E-state index >= 15 is 0 Å². The molecule has 0 spiro atoms. The minimum absolute atomic E-state index is 0.184. The van der Waals surface area contributed by atoms with Crippen molar-refractivity contribution in [2.75, 3.05) is 0 Å². The molecule has 0 aliphatic heterocycles. The van der Waals surface area contributed by atoms with E-state index in [4.69, 9.17) is 11.6 Å². The Kier molecular flexibility index (Phi) is 3.76. The highest BCUT2D eigenvalue weighted by atomic mass is 35.5. The molecule has 7 heteroatoms. The van der Waals surface area contributed by atoms with Gasteiger partial charge in [-0.3, -0.25) is 4.79 Å². The third kappa shape index (κ3) is 2.83. The first-order chi connectivity index (χ1) is 8.10. The summed E-state index contributed by atoms with van der Waals surface area (Å²) in [6.07, 6.45) is 0.671. The smallest absolute Gasteiger partial charge is 0.156 e. The first-order valence-corrected chi connectivity index (χ1v) is 6.77. The lowest BCUT2D eigenvalue weighted by atomic mass is 10.4. The van der Waals surface area contributed by atoms with Crippen molar-refractivity contribution in [1.29, 1.82) is 0 Å². The molecule has 2 aromatic heterocycles. The van der Waals surface area contributed by atoms with Gasteiger partial charge in [0.1, 0.15) is 16.0 Å². The molecule has 2 rings (SSSR count). The molecule has 0 aromatic carbocycles. The molecule has 2 aromatic rings. The Morgan fingerprint density at radius 2 is 2.12 bits per heavy atom. The number of halogens is 1. The molecule has 0 atom stereocenters. The van der Waals surface area contributed by atoms with E-state index in [9.17, 15) is 4.79 Å². The average molecular weight is 286 g/mol. The van der Waals surface area contributed by atoms with Gasteiger partial charge in [-0.15, -0.1) is 11.3 Å². The molecule has 2 heterocycles. The van der Waals surface area contributed by atoms with Gasteiger partial charge in [-0.05, 0) is 25.6 Å². The molecule has 17 heavy (non-hydrogen) atoms. The van der Waals surface area contributed by atoms with Crippen LogP contribution >= 0.6 is 34.7 Å². The SMILES string of the molecule is Cc1csc(Sc2nc(C)nc(Cl)c2C=O)n1. The summed E-state index contributed by atoms with van der Waals surface area (Å²) in [6.45, 7) is 3.65. The monoisotopic (exact) mass is 285 g/mol.